The Hall–Kier alpha value is -2.16. The maximum Gasteiger partial charge on any atom is 0.254 e. The van der Waals surface area contributed by atoms with Gasteiger partial charge in [-0.3, -0.25) is 4.79 Å². The number of hydrogen-bond acceptors (Lipinski definition) is 5. The summed E-state index contributed by atoms with van der Waals surface area (Å²) in [6.45, 7) is 3.78. The number of aryl methyl sites for hydroxylation is 1. The van der Waals surface area contributed by atoms with Crippen molar-refractivity contribution in [2.45, 2.75) is 37.2 Å². The average Bonchev–Trinajstić information content (AvgIpc) is 3.20. The van der Waals surface area contributed by atoms with Gasteiger partial charge in [0.1, 0.15) is 5.76 Å². The van der Waals surface area contributed by atoms with E-state index in [0.29, 0.717) is 11.3 Å². The molecule has 1 N–H and O–H groups in total. The summed E-state index contributed by atoms with van der Waals surface area (Å²) < 4.78 is 32.9. The number of carbonyl (C=O) groups is 1. The lowest BCUT2D eigenvalue weighted by atomic mass is 10.0. The molecule has 28 heavy (non-hydrogen) atoms. The third kappa shape index (κ3) is 4.63. The fraction of sp³-hybridized carbons (Fsp3) is 0.450. The van der Waals surface area contributed by atoms with Crippen molar-refractivity contribution in [2.75, 3.05) is 27.2 Å². The highest BCUT2D eigenvalue weighted by atomic mass is 32.2. The molecule has 1 aliphatic rings. The minimum Gasteiger partial charge on any atom is -0.468 e. The maximum atomic E-state index is 13.1. The molecule has 1 fully saturated rings. The van der Waals surface area contributed by atoms with E-state index in [0.717, 1.165) is 31.5 Å². The van der Waals surface area contributed by atoms with Crippen molar-refractivity contribution >= 4 is 15.9 Å². The molecule has 8 heteroatoms. The van der Waals surface area contributed by atoms with E-state index in [2.05, 4.69) is 16.7 Å². The monoisotopic (exact) mass is 405 g/mol. The summed E-state index contributed by atoms with van der Waals surface area (Å²) >= 11 is 0. The SMILES string of the molecule is Cc1ccc(S(=O)(=O)NCc2ccco2)cc1C(=O)N(C)C1CCN(C)CC1. The molecule has 0 aliphatic carbocycles. The van der Waals surface area contributed by atoms with E-state index < -0.39 is 10.0 Å². The first-order chi connectivity index (χ1) is 13.3. The summed E-state index contributed by atoms with van der Waals surface area (Å²) in [5.74, 6) is 0.379. The Kier molecular flexibility index (Phi) is 6.22. The third-order valence-corrected chi connectivity index (χ3v) is 6.72. The Morgan fingerprint density at radius 3 is 2.64 bits per heavy atom. The molecule has 1 aromatic heterocycles. The number of nitrogens with one attached hydrogen (secondary N) is 1. The summed E-state index contributed by atoms with van der Waals surface area (Å²) in [4.78, 5) is 17.1. The van der Waals surface area contributed by atoms with Crippen molar-refractivity contribution in [1.29, 1.82) is 0 Å². The van der Waals surface area contributed by atoms with Gasteiger partial charge in [0.2, 0.25) is 10.0 Å². The van der Waals surface area contributed by atoms with Gasteiger partial charge in [0.05, 0.1) is 17.7 Å². The molecule has 1 saturated heterocycles. The maximum absolute atomic E-state index is 13.1. The van der Waals surface area contributed by atoms with Crippen LogP contribution in [0.25, 0.3) is 0 Å². The van der Waals surface area contributed by atoms with Crippen LogP contribution in [0.15, 0.2) is 45.9 Å². The van der Waals surface area contributed by atoms with E-state index in [1.54, 1.807) is 30.1 Å². The molecule has 0 radical (unpaired) electrons. The minimum atomic E-state index is -3.75. The van der Waals surface area contributed by atoms with Gasteiger partial charge in [0, 0.05) is 18.7 Å². The first-order valence-electron chi connectivity index (χ1n) is 9.36. The third-order valence-electron chi connectivity index (χ3n) is 5.32. The van der Waals surface area contributed by atoms with E-state index in [9.17, 15) is 13.2 Å². The molecule has 0 atom stereocenters. The first kappa shape index (κ1) is 20.6. The molecule has 0 saturated carbocycles. The molecule has 0 bridgehead atoms. The van der Waals surface area contributed by atoms with E-state index in [-0.39, 0.29) is 23.4 Å². The predicted octanol–water partition coefficient (Wildman–Crippen LogP) is 2.23. The van der Waals surface area contributed by atoms with Crippen molar-refractivity contribution < 1.29 is 17.6 Å². The molecule has 1 aliphatic heterocycles. The van der Waals surface area contributed by atoms with Crippen molar-refractivity contribution in [3.8, 4) is 0 Å². The number of piperidine rings is 1. The second-order valence-corrected chi connectivity index (χ2v) is 9.10. The largest absolute Gasteiger partial charge is 0.468 e. The van der Waals surface area contributed by atoms with Crippen molar-refractivity contribution in [1.82, 2.24) is 14.5 Å². The molecule has 152 valence electrons. The second kappa shape index (κ2) is 8.46. The lowest BCUT2D eigenvalue weighted by Gasteiger charge is -2.35. The zero-order chi connectivity index (χ0) is 20.3. The fourth-order valence-corrected chi connectivity index (χ4v) is 4.42. The highest BCUT2D eigenvalue weighted by Crippen LogP contribution is 2.21. The lowest BCUT2D eigenvalue weighted by Crippen LogP contribution is -2.44. The van der Waals surface area contributed by atoms with Crippen LogP contribution in [0.3, 0.4) is 0 Å². The predicted molar refractivity (Wildman–Crippen MR) is 107 cm³/mol. The molecular formula is C20H27N3O4S. The first-order valence-corrected chi connectivity index (χ1v) is 10.8. The van der Waals surface area contributed by atoms with E-state index >= 15 is 0 Å². The molecular weight excluding hydrogens is 378 g/mol. The molecule has 1 amide bonds. The van der Waals surface area contributed by atoms with Gasteiger partial charge in [-0.1, -0.05) is 6.07 Å². The summed E-state index contributed by atoms with van der Waals surface area (Å²) in [5, 5.41) is 0. The summed E-state index contributed by atoms with van der Waals surface area (Å²) in [7, 11) is 0.121. The Bertz CT molecular complexity index is 917. The Balaban J connectivity index is 1.77. The Morgan fingerprint density at radius 1 is 1.29 bits per heavy atom. The second-order valence-electron chi connectivity index (χ2n) is 7.33. The van der Waals surface area contributed by atoms with Crippen LogP contribution in [-0.2, 0) is 16.6 Å². The minimum absolute atomic E-state index is 0.0575. The van der Waals surface area contributed by atoms with Crippen LogP contribution >= 0.6 is 0 Å². The topological polar surface area (TPSA) is 82.9 Å². The number of amides is 1. The van der Waals surface area contributed by atoms with E-state index in [1.807, 2.05) is 6.92 Å². The van der Waals surface area contributed by atoms with E-state index in [1.165, 1.54) is 18.4 Å². The van der Waals surface area contributed by atoms with Crippen LogP contribution in [-0.4, -0.2) is 57.4 Å². The zero-order valence-corrected chi connectivity index (χ0v) is 17.3. The summed E-state index contributed by atoms with van der Waals surface area (Å²) in [5.41, 5.74) is 1.18. The summed E-state index contributed by atoms with van der Waals surface area (Å²) in [6, 6.07) is 8.23. The quantitative estimate of drug-likeness (QED) is 0.797. The van der Waals surface area contributed by atoms with Crippen molar-refractivity contribution in [3.63, 3.8) is 0 Å². The molecule has 3 rings (SSSR count). The lowest BCUT2D eigenvalue weighted by molar-refractivity contribution is 0.0658. The van der Waals surface area contributed by atoms with E-state index in [4.69, 9.17) is 4.42 Å². The van der Waals surface area contributed by atoms with Crippen LogP contribution in [0.2, 0.25) is 0 Å². The molecule has 0 spiro atoms. The van der Waals surface area contributed by atoms with Crippen LogP contribution in [0, 0.1) is 6.92 Å². The number of carbonyl (C=O) groups excluding carboxylic acids is 1. The molecule has 0 unspecified atom stereocenters. The van der Waals surface area contributed by atoms with Crippen LogP contribution in [0.4, 0.5) is 0 Å². The normalized spacial score (nSPS) is 16.2. The number of rotatable bonds is 6. The molecule has 2 aromatic rings. The summed E-state index contributed by atoms with van der Waals surface area (Å²) in [6.07, 6.45) is 3.33. The van der Waals surface area contributed by atoms with Gasteiger partial charge in [0.15, 0.2) is 0 Å². The number of nitrogens with zero attached hydrogens (tertiary/aromatic N) is 2. The van der Waals surface area contributed by atoms with Crippen LogP contribution in [0.1, 0.15) is 34.5 Å². The van der Waals surface area contributed by atoms with Crippen molar-refractivity contribution in [3.05, 3.63) is 53.5 Å². The Morgan fingerprint density at radius 2 is 2.00 bits per heavy atom. The number of sulfonamides is 1. The van der Waals surface area contributed by atoms with Gasteiger partial charge in [-0.2, -0.15) is 0 Å². The van der Waals surface area contributed by atoms with Crippen molar-refractivity contribution in [2.24, 2.45) is 0 Å². The van der Waals surface area contributed by atoms with Gasteiger partial charge in [-0.25, -0.2) is 13.1 Å². The molecule has 2 heterocycles. The highest BCUT2D eigenvalue weighted by molar-refractivity contribution is 7.89. The zero-order valence-electron chi connectivity index (χ0n) is 16.5. The van der Waals surface area contributed by atoms with Gasteiger partial charge >= 0.3 is 0 Å². The molecule has 1 aromatic carbocycles. The standard InChI is InChI=1S/C20H27N3O4S/c1-15-6-7-18(28(25,26)21-14-17-5-4-12-27-17)13-19(15)20(24)23(3)16-8-10-22(2)11-9-16/h4-7,12-13,16,21H,8-11,14H2,1-3H3. The highest BCUT2D eigenvalue weighted by Gasteiger charge is 2.26. The smallest absolute Gasteiger partial charge is 0.254 e. The van der Waals surface area contributed by atoms with Gasteiger partial charge in [-0.05, 0) is 69.7 Å². The average molecular weight is 406 g/mol. The molecule has 7 nitrogen and oxygen atoms in total. The van der Waals surface area contributed by atoms with Gasteiger partial charge in [0.25, 0.3) is 5.91 Å². The fourth-order valence-electron chi connectivity index (χ4n) is 3.40. The number of likely N-dealkylation sites (tertiary alicyclic amines) is 1. The van der Waals surface area contributed by atoms with Gasteiger partial charge < -0.3 is 14.2 Å². The Labute approximate surface area is 166 Å². The number of benzene rings is 1. The van der Waals surface area contributed by atoms with Gasteiger partial charge in [-0.15, -0.1) is 0 Å². The number of furan rings is 1. The van der Waals surface area contributed by atoms with Crippen LogP contribution in [0.5, 0.6) is 0 Å². The number of hydrogen-bond donors (Lipinski definition) is 1. The van der Waals surface area contributed by atoms with Crippen LogP contribution < -0.4 is 4.72 Å².